The Labute approximate surface area is 241 Å². The minimum atomic E-state index is 0. The predicted octanol–water partition coefficient (Wildman–Crippen LogP) is 9.03. The van der Waals surface area contributed by atoms with Gasteiger partial charge in [-0.2, -0.15) is 0 Å². The standard InChI is InChI=1S/C34H72N.BrH/c1-5-9-11-13-15-17-19-21-23-25-27-29-33-35(31-7-3,32-8-4)34-30-28-26-24-22-20-18-16-14-12-10-6-2;/h5-34H2,1-4H3;1H/q+1;/p-1. The fourth-order valence-corrected chi connectivity index (χ4v) is 6.20. The third kappa shape index (κ3) is 26.1. The van der Waals surface area contributed by atoms with Crippen molar-refractivity contribution in [3.05, 3.63) is 0 Å². The van der Waals surface area contributed by atoms with Crippen LogP contribution in [0.25, 0.3) is 0 Å². The molecule has 0 radical (unpaired) electrons. The Morgan fingerprint density at radius 1 is 0.250 bits per heavy atom. The summed E-state index contributed by atoms with van der Waals surface area (Å²) in [6.07, 6.45) is 37.9. The molecule has 0 bridgehead atoms. The average Bonchev–Trinajstić information content (AvgIpc) is 2.85. The summed E-state index contributed by atoms with van der Waals surface area (Å²) in [5.41, 5.74) is 0. The van der Waals surface area contributed by atoms with E-state index in [1.54, 1.807) is 0 Å². The van der Waals surface area contributed by atoms with Gasteiger partial charge in [0.15, 0.2) is 0 Å². The van der Waals surface area contributed by atoms with E-state index in [1.807, 2.05) is 0 Å². The minimum absolute atomic E-state index is 0. The lowest BCUT2D eigenvalue weighted by atomic mass is 10.0. The quantitative estimate of drug-likeness (QED) is 0.0593. The highest BCUT2D eigenvalue weighted by Gasteiger charge is 2.24. The first kappa shape index (κ1) is 38.6. The molecular weight excluding hydrogens is 502 g/mol. The van der Waals surface area contributed by atoms with Crippen LogP contribution in [0, 0.1) is 0 Å². The second kappa shape index (κ2) is 31.7. The summed E-state index contributed by atoms with van der Waals surface area (Å²) in [6.45, 7) is 15.2. The molecule has 0 unspecified atom stereocenters. The molecule has 0 fully saturated rings. The summed E-state index contributed by atoms with van der Waals surface area (Å²) >= 11 is 0. The molecule has 1 nitrogen and oxygen atoms in total. The molecule has 2 heteroatoms. The fourth-order valence-electron chi connectivity index (χ4n) is 6.20. The van der Waals surface area contributed by atoms with E-state index in [-0.39, 0.29) is 17.0 Å². The lowest BCUT2D eigenvalue weighted by molar-refractivity contribution is -0.928. The van der Waals surface area contributed by atoms with Gasteiger partial charge in [0.25, 0.3) is 0 Å². The topological polar surface area (TPSA) is 0 Å². The van der Waals surface area contributed by atoms with Gasteiger partial charge in [0.1, 0.15) is 0 Å². The van der Waals surface area contributed by atoms with Gasteiger partial charge in [0.2, 0.25) is 0 Å². The summed E-state index contributed by atoms with van der Waals surface area (Å²) in [5, 5.41) is 0. The van der Waals surface area contributed by atoms with Crippen molar-refractivity contribution in [2.24, 2.45) is 0 Å². The first-order valence-electron chi connectivity index (χ1n) is 17.1. The summed E-state index contributed by atoms with van der Waals surface area (Å²) in [6, 6.07) is 0. The number of hydrogen-bond acceptors (Lipinski definition) is 0. The highest BCUT2D eigenvalue weighted by atomic mass is 79.9. The Morgan fingerprint density at radius 2 is 0.472 bits per heavy atom. The maximum absolute atomic E-state index is 2.41. The smallest absolute Gasteiger partial charge is 0.0786 e. The van der Waals surface area contributed by atoms with Crippen LogP contribution in [-0.2, 0) is 0 Å². The number of quaternary nitrogens is 1. The van der Waals surface area contributed by atoms with Crippen molar-refractivity contribution in [2.45, 2.75) is 195 Å². The molecule has 0 N–H and O–H groups in total. The van der Waals surface area contributed by atoms with Crippen LogP contribution < -0.4 is 17.0 Å². The molecule has 0 aromatic rings. The SMILES string of the molecule is CCCCCCCCCCCCCC[N+](CCC)(CCC)CCCCCCCCCCCCCC.[Br-]. The highest BCUT2D eigenvalue weighted by molar-refractivity contribution is 4.53. The molecule has 0 aliphatic carbocycles. The molecule has 0 aliphatic rings. The zero-order valence-electron chi connectivity index (χ0n) is 26.0. The Balaban J connectivity index is 0. The van der Waals surface area contributed by atoms with E-state index in [2.05, 4.69) is 27.7 Å². The Kier molecular flexibility index (Phi) is 33.9. The van der Waals surface area contributed by atoms with Crippen molar-refractivity contribution in [3.8, 4) is 0 Å². The van der Waals surface area contributed by atoms with Gasteiger partial charge in [-0.3, -0.25) is 0 Å². The molecule has 0 spiro atoms. The van der Waals surface area contributed by atoms with Crippen LogP contribution in [0.1, 0.15) is 195 Å². The van der Waals surface area contributed by atoms with Gasteiger partial charge >= 0.3 is 0 Å². The molecule has 0 rings (SSSR count). The number of nitrogens with zero attached hydrogens (tertiary/aromatic N) is 1. The van der Waals surface area contributed by atoms with E-state index in [0.29, 0.717) is 0 Å². The normalized spacial score (nSPS) is 11.7. The third-order valence-corrected chi connectivity index (χ3v) is 8.37. The van der Waals surface area contributed by atoms with Crippen molar-refractivity contribution in [1.29, 1.82) is 0 Å². The highest BCUT2D eigenvalue weighted by Crippen LogP contribution is 2.19. The van der Waals surface area contributed by atoms with Crippen LogP contribution >= 0.6 is 0 Å². The van der Waals surface area contributed by atoms with Crippen molar-refractivity contribution in [3.63, 3.8) is 0 Å². The van der Waals surface area contributed by atoms with E-state index in [4.69, 9.17) is 0 Å². The Hall–Kier alpha value is 0.440. The summed E-state index contributed by atoms with van der Waals surface area (Å²) in [4.78, 5) is 0. The maximum Gasteiger partial charge on any atom is 0.0786 e. The average molecular weight is 575 g/mol. The Morgan fingerprint density at radius 3 is 0.694 bits per heavy atom. The van der Waals surface area contributed by atoms with E-state index < -0.39 is 0 Å². The molecule has 0 amide bonds. The van der Waals surface area contributed by atoms with Crippen LogP contribution in [0.2, 0.25) is 0 Å². The molecule has 0 aromatic heterocycles. The van der Waals surface area contributed by atoms with E-state index in [1.165, 1.54) is 198 Å². The lowest BCUT2D eigenvalue weighted by Crippen LogP contribution is -3.00. The summed E-state index contributed by atoms with van der Waals surface area (Å²) < 4.78 is 1.43. The van der Waals surface area contributed by atoms with Gasteiger partial charge in [-0.25, -0.2) is 0 Å². The molecule has 36 heavy (non-hydrogen) atoms. The number of halogens is 1. The second-order valence-corrected chi connectivity index (χ2v) is 12.0. The van der Waals surface area contributed by atoms with Crippen molar-refractivity contribution in [1.82, 2.24) is 0 Å². The van der Waals surface area contributed by atoms with E-state index in [0.717, 1.165) is 0 Å². The zero-order chi connectivity index (χ0) is 25.7. The molecular formula is C34H72BrN. The molecule has 0 atom stereocenters. The predicted molar refractivity (Wildman–Crippen MR) is 162 cm³/mol. The van der Waals surface area contributed by atoms with Crippen LogP contribution in [-0.4, -0.2) is 30.7 Å². The number of rotatable bonds is 30. The molecule has 0 heterocycles. The van der Waals surface area contributed by atoms with Crippen LogP contribution in [0.5, 0.6) is 0 Å². The second-order valence-electron chi connectivity index (χ2n) is 12.0. The molecule has 0 saturated carbocycles. The van der Waals surface area contributed by atoms with E-state index >= 15 is 0 Å². The number of hydrogen-bond donors (Lipinski definition) is 0. The van der Waals surface area contributed by atoms with E-state index in [9.17, 15) is 0 Å². The largest absolute Gasteiger partial charge is 1.00 e. The first-order chi connectivity index (χ1) is 17.2. The van der Waals surface area contributed by atoms with Crippen molar-refractivity contribution < 1.29 is 21.5 Å². The van der Waals surface area contributed by atoms with Gasteiger partial charge in [0.05, 0.1) is 26.2 Å². The zero-order valence-corrected chi connectivity index (χ0v) is 27.6. The van der Waals surface area contributed by atoms with Crippen LogP contribution in [0.3, 0.4) is 0 Å². The molecule has 0 saturated heterocycles. The molecule has 220 valence electrons. The lowest BCUT2D eigenvalue weighted by Gasteiger charge is -2.39. The van der Waals surface area contributed by atoms with Gasteiger partial charge in [-0.05, 0) is 38.5 Å². The Bertz CT molecular complexity index is 347. The van der Waals surface area contributed by atoms with Gasteiger partial charge in [0, 0.05) is 0 Å². The minimum Gasteiger partial charge on any atom is -1.00 e. The molecule has 0 aliphatic heterocycles. The van der Waals surface area contributed by atoms with Gasteiger partial charge < -0.3 is 21.5 Å². The first-order valence-corrected chi connectivity index (χ1v) is 17.1. The monoisotopic (exact) mass is 573 g/mol. The maximum atomic E-state index is 2.41. The summed E-state index contributed by atoms with van der Waals surface area (Å²) in [7, 11) is 0. The van der Waals surface area contributed by atoms with Crippen molar-refractivity contribution in [2.75, 3.05) is 26.2 Å². The fraction of sp³-hybridized carbons (Fsp3) is 1.00. The molecule has 0 aromatic carbocycles. The summed E-state index contributed by atoms with van der Waals surface area (Å²) in [5.74, 6) is 0. The number of unbranched alkanes of at least 4 members (excludes halogenated alkanes) is 22. The van der Waals surface area contributed by atoms with Crippen molar-refractivity contribution >= 4 is 0 Å². The van der Waals surface area contributed by atoms with Gasteiger partial charge in [-0.15, -0.1) is 0 Å². The van der Waals surface area contributed by atoms with Gasteiger partial charge in [-0.1, -0.05) is 156 Å². The van der Waals surface area contributed by atoms with Crippen LogP contribution in [0.4, 0.5) is 0 Å². The third-order valence-electron chi connectivity index (χ3n) is 8.37. The van der Waals surface area contributed by atoms with Crippen LogP contribution in [0.15, 0.2) is 0 Å².